The first-order chi connectivity index (χ1) is 8.50. The smallest absolute Gasteiger partial charge is 0.123 e. The summed E-state index contributed by atoms with van der Waals surface area (Å²) in [6.07, 6.45) is 0. The molecule has 0 radical (unpaired) electrons. The fraction of sp³-hybridized carbons (Fsp3) is 0.250. The second kappa shape index (κ2) is 4.91. The molecule has 94 valence electrons. The standard InChI is InChI=1S/C16H18FN/c1-10-5-4-6-15(12(10)3)16(18)14-8-7-13(17)9-11(14)2/h4-9,16H,18H2,1-3H3. The molecule has 18 heavy (non-hydrogen) atoms. The number of benzene rings is 2. The molecule has 2 rings (SSSR count). The lowest BCUT2D eigenvalue weighted by Crippen LogP contribution is -2.15. The number of hydrogen-bond acceptors (Lipinski definition) is 1. The quantitative estimate of drug-likeness (QED) is 0.853. The van der Waals surface area contributed by atoms with Crippen molar-refractivity contribution in [2.45, 2.75) is 26.8 Å². The van der Waals surface area contributed by atoms with E-state index < -0.39 is 0 Å². The van der Waals surface area contributed by atoms with Crippen LogP contribution in [0.25, 0.3) is 0 Å². The molecular formula is C16H18FN. The van der Waals surface area contributed by atoms with Gasteiger partial charge in [-0.2, -0.15) is 0 Å². The van der Waals surface area contributed by atoms with Gasteiger partial charge in [-0.25, -0.2) is 4.39 Å². The zero-order valence-corrected chi connectivity index (χ0v) is 11.0. The highest BCUT2D eigenvalue weighted by molar-refractivity contribution is 5.42. The molecule has 2 aromatic rings. The molecule has 0 aliphatic rings. The fourth-order valence-corrected chi connectivity index (χ4v) is 2.27. The van der Waals surface area contributed by atoms with Crippen molar-refractivity contribution in [2.24, 2.45) is 5.73 Å². The van der Waals surface area contributed by atoms with E-state index in [1.54, 1.807) is 6.07 Å². The molecule has 1 nitrogen and oxygen atoms in total. The van der Waals surface area contributed by atoms with Crippen LogP contribution in [0.3, 0.4) is 0 Å². The Morgan fingerprint density at radius 2 is 1.67 bits per heavy atom. The molecule has 0 aromatic heterocycles. The predicted molar refractivity (Wildman–Crippen MR) is 73.1 cm³/mol. The minimum absolute atomic E-state index is 0.203. The highest BCUT2D eigenvalue weighted by Gasteiger charge is 2.14. The van der Waals surface area contributed by atoms with E-state index in [1.165, 1.54) is 23.3 Å². The zero-order chi connectivity index (χ0) is 13.3. The molecule has 0 fully saturated rings. The Hall–Kier alpha value is -1.67. The highest BCUT2D eigenvalue weighted by Crippen LogP contribution is 2.26. The summed E-state index contributed by atoms with van der Waals surface area (Å²) >= 11 is 0. The molecule has 0 aliphatic heterocycles. The maximum atomic E-state index is 13.1. The third-order valence-electron chi connectivity index (χ3n) is 3.55. The van der Waals surface area contributed by atoms with Gasteiger partial charge in [0.05, 0.1) is 6.04 Å². The van der Waals surface area contributed by atoms with Crippen molar-refractivity contribution in [3.63, 3.8) is 0 Å². The first-order valence-electron chi connectivity index (χ1n) is 6.08. The molecule has 1 atom stereocenters. The lowest BCUT2D eigenvalue weighted by molar-refractivity contribution is 0.624. The molecule has 0 spiro atoms. The highest BCUT2D eigenvalue weighted by atomic mass is 19.1. The van der Waals surface area contributed by atoms with Crippen LogP contribution < -0.4 is 5.73 Å². The molecule has 0 heterocycles. The third-order valence-corrected chi connectivity index (χ3v) is 3.55. The first-order valence-corrected chi connectivity index (χ1v) is 6.08. The minimum Gasteiger partial charge on any atom is -0.320 e. The average Bonchev–Trinajstić information content (AvgIpc) is 2.32. The van der Waals surface area contributed by atoms with Gasteiger partial charge in [0.25, 0.3) is 0 Å². The summed E-state index contributed by atoms with van der Waals surface area (Å²) in [5.74, 6) is -0.218. The van der Waals surface area contributed by atoms with Crippen LogP contribution >= 0.6 is 0 Å². The maximum absolute atomic E-state index is 13.1. The molecule has 2 N–H and O–H groups in total. The van der Waals surface area contributed by atoms with Crippen molar-refractivity contribution in [3.05, 3.63) is 70.0 Å². The van der Waals surface area contributed by atoms with Crippen molar-refractivity contribution in [1.29, 1.82) is 0 Å². The van der Waals surface area contributed by atoms with Crippen LogP contribution in [-0.4, -0.2) is 0 Å². The molecule has 2 aromatic carbocycles. The van der Waals surface area contributed by atoms with Gasteiger partial charge in [-0.05, 0) is 60.7 Å². The lowest BCUT2D eigenvalue weighted by atomic mass is 9.91. The summed E-state index contributed by atoms with van der Waals surface area (Å²) in [5.41, 5.74) is 11.7. The van der Waals surface area contributed by atoms with E-state index in [0.717, 1.165) is 16.7 Å². The van der Waals surface area contributed by atoms with Crippen molar-refractivity contribution < 1.29 is 4.39 Å². The van der Waals surface area contributed by atoms with Gasteiger partial charge in [-0.15, -0.1) is 0 Å². The van der Waals surface area contributed by atoms with Gasteiger partial charge in [-0.3, -0.25) is 0 Å². The molecule has 0 saturated heterocycles. The summed E-state index contributed by atoms with van der Waals surface area (Å²) in [6, 6.07) is 10.7. The summed E-state index contributed by atoms with van der Waals surface area (Å²) in [7, 11) is 0. The second-order valence-electron chi connectivity index (χ2n) is 4.77. The number of nitrogens with two attached hydrogens (primary N) is 1. The Bertz CT molecular complexity index is 575. The Morgan fingerprint density at radius 3 is 2.33 bits per heavy atom. The number of hydrogen-bond donors (Lipinski definition) is 1. The van der Waals surface area contributed by atoms with Crippen LogP contribution in [0.5, 0.6) is 0 Å². The van der Waals surface area contributed by atoms with Crippen LogP contribution in [0, 0.1) is 26.6 Å². The van der Waals surface area contributed by atoms with Crippen molar-refractivity contribution >= 4 is 0 Å². The molecular weight excluding hydrogens is 225 g/mol. The van der Waals surface area contributed by atoms with Gasteiger partial charge in [0.1, 0.15) is 5.82 Å². The Kier molecular flexibility index (Phi) is 3.48. The predicted octanol–water partition coefficient (Wildman–Crippen LogP) is 3.80. The fourth-order valence-electron chi connectivity index (χ4n) is 2.27. The molecule has 0 amide bonds. The molecule has 1 unspecified atom stereocenters. The third kappa shape index (κ3) is 2.29. The monoisotopic (exact) mass is 243 g/mol. The zero-order valence-electron chi connectivity index (χ0n) is 11.0. The first kappa shape index (κ1) is 12.8. The van der Waals surface area contributed by atoms with Crippen LogP contribution in [0.15, 0.2) is 36.4 Å². The van der Waals surface area contributed by atoms with Gasteiger partial charge in [0, 0.05) is 0 Å². The Morgan fingerprint density at radius 1 is 0.944 bits per heavy atom. The van der Waals surface area contributed by atoms with Crippen LogP contribution in [0.2, 0.25) is 0 Å². The average molecular weight is 243 g/mol. The lowest BCUT2D eigenvalue weighted by Gasteiger charge is -2.18. The second-order valence-corrected chi connectivity index (χ2v) is 4.77. The number of halogens is 1. The van der Waals surface area contributed by atoms with Crippen LogP contribution in [-0.2, 0) is 0 Å². The van der Waals surface area contributed by atoms with Crippen molar-refractivity contribution in [1.82, 2.24) is 0 Å². The van der Waals surface area contributed by atoms with Gasteiger partial charge in [-0.1, -0.05) is 24.3 Å². The van der Waals surface area contributed by atoms with E-state index in [4.69, 9.17) is 5.73 Å². The summed E-state index contributed by atoms with van der Waals surface area (Å²) in [5, 5.41) is 0. The molecule has 0 aliphatic carbocycles. The Labute approximate surface area is 107 Å². The van der Waals surface area contributed by atoms with E-state index in [0.29, 0.717) is 0 Å². The minimum atomic E-state index is -0.218. The SMILES string of the molecule is Cc1cc(F)ccc1C(N)c1cccc(C)c1C. The molecule has 2 heteroatoms. The molecule has 0 saturated carbocycles. The van der Waals surface area contributed by atoms with E-state index >= 15 is 0 Å². The summed E-state index contributed by atoms with van der Waals surface area (Å²) in [4.78, 5) is 0. The normalized spacial score (nSPS) is 12.5. The van der Waals surface area contributed by atoms with Gasteiger partial charge in [0.15, 0.2) is 0 Å². The molecule has 0 bridgehead atoms. The van der Waals surface area contributed by atoms with Gasteiger partial charge < -0.3 is 5.73 Å². The number of rotatable bonds is 2. The van der Waals surface area contributed by atoms with Crippen LogP contribution in [0.4, 0.5) is 4.39 Å². The largest absolute Gasteiger partial charge is 0.320 e. The maximum Gasteiger partial charge on any atom is 0.123 e. The number of aryl methyl sites for hydroxylation is 2. The Balaban J connectivity index is 2.48. The van der Waals surface area contributed by atoms with E-state index in [1.807, 2.05) is 19.1 Å². The van der Waals surface area contributed by atoms with Crippen molar-refractivity contribution in [2.75, 3.05) is 0 Å². The van der Waals surface area contributed by atoms with Gasteiger partial charge >= 0.3 is 0 Å². The van der Waals surface area contributed by atoms with Crippen LogP contribution in [0.1, 0.15) is 33.9 Å². The summed E-state index contributed by atoms with van der Waals surface area (Å²) < 4.78 is 13.1. The van der Waals surface area contributed by atoms with Crippen molar-refractivity contribution in [3.8, 4) is 0 Å². The summed E-state index contributed by atoms with van der Waals surface area (Å²) in [6.45, 7) is 6.04. The van der Waals surface area contributed by atoms with Gasteiger partial charge in [0.2, 0.25) is 0 Å². The van der Waals surface area contributed by atoms with E-state index in [2.05, 4.69) is 19.9 Å². The topological polar surface area (TPSA) is 26.0 Å². The van der Waals surface area contributed by atoms with E-state index in [9.17, 15) is 4.39 Å². The van der Waals surface area contributed by atoms with E-state index in [-0.39, 0.29) is 11.9 Å².